The van der Waals surface area contributed by atoms with Gasteiger partial charge in [0.2, 0.25) is 5.91 Å². The first-order chi connectivity index (χ1) is 12.0. The van der Waals surface area contributed by atoms with E-state index in [9.17, 15) is 4.79 Å². The number of carbonyl (C=O) groups excluding carboxylic acids is 1. The van der Waals surface area contributed by atoms with Gasteiger partial charge in [-0.3, -0.25) is 9.69 Å². The summed E-state index contributed by atoms with van der Waals surface area (Å²) in [5, 5.41) is 3.56. The topological polar surface area (TPSA) is 41.6 Å². The third kappa shape index (κ3) is 3.26. The van der Waals surface area contributed by atoms with Gasteiger partial charge in [0.1, 0.15) is 5.75 Å². The largest absolute Gasteiger partial charge is 0.495 e. The van der Waals surface area contributed by atoms with Crippen LogP contribution in [0.4, 0.5) is 5.69 Å². The molecule has 0 unspecified atom stereocenters. The number of nitrogens with zero attached hydrogens (tertiary/aromatic N) is 1. The molecular formula is C20H27ClN2O2. The predicted octanol–water partition coefficient (Wildman–Crippen LogP) is 4.19. The number of carbonyl (C=O) groups is 1. The Morgan fingerprint density at radius 3 is 2.40 bits per heavy atom. The lowest BCUT2D eigenvalue weighted by molar-refractivity contribution is -0.123. The first-order valence-electron chi connectivity index (χ1n) is 9.32. The van der Waals surface area contributed by atoms with Crippen molar-refractivity contribution in [3.63, 3.8) is 0 Å². The third-order valence-electron chi connectivity index (χ3n) is 6.63. The van der Waals surface area contributed by atoms with Crippen molar-refractivity contribution in [3.05, 3.63) is 23.2 Å². The molecule has 4 aliphatic rings. The summed E-state index contributed by atoms with van der Waals surface area (Å²) in [5.74, 6) is 3.27. The van der Waals surface area contributed by atoms with Crippen LogP contribution in [0.25, 0.3) is 0 Å². The lowest BCUT2D eigenvalue weighted by Gasteiger charge is -2.59. The number of halogens is 1. The first-order valence-corrected chi connectivity index (χ1v) is 9.70. The Balaban J connectivity index is 1.44. The van der Waals surface area contributed by atoms with E-state index in [1.165, 1.54) is 38.5 Å². The summed E-state index contributed by atoms with van der Waals surface area (Å²) in [7, 11) is 3.72. The SMILES string of the molecule is COc1ccc(Cl)cc1NC(=O)CN(C)C12CC3CC(CC(C3)C1)C2. The molecule has 4 aliphatic carbocycles. The van der Waals surface area contributed by atoms with Crippen molar-refractivity contribution in [2.24, 2.45) is 17.8 Å². The summed E-state index contributed by atoms with van der Waals surface area (Å²) in [5.41, 5.74) is 0.878. The van der Waals surface area contributed by atoms with E-state index >= 15 is 0 Å². The number of nitrogens with one attached hydrogen (secondary N) is 1. The lowest BCUT2D eigenvalue weighted by Crippen LogP contribution is -2.59. The molecule has 4 fully saturated rings. The fourth-order valence-electron chi connectivity index (χ4n) is 5.88. The minimum Gasteiger partial charge on any atom is -0.495 e. The summed E-state index contributed by atoms with van der Waals surface area (Å²) < 4.78 is 5.32. The van der Waals surface area contributed by atoms with E-state index in [0.29, 0.717) is 23.0 Å². The molecule has 5 heteroatoms. The van der Waals surface area contributed by atoms with Crippen molar-refractivity contribution < 1.29 is 9.53 Å². The fraction of sp³-hybridized carbons (Fsp3) is 0.650. The molecular weight excluding hydrogens is 336 g/mol. The number of likely N-dealkylation sites (N-methyl/N-ethyl adjacent to an activating group) is 1. The number of rotatable bonds is 5. The Kier molecular flexibility index (Phi) is 4.45. The van der Waals surface area contributed by atoms with Crippen molar-refractivity contribution in [3.8, 4) is 5.75 Å². The third-order valence-corrected chi connectivity index (χ3v) is 6.87. The molecule has 1 aromatic rings. The quantitative estimate of drug-likeness (QED) is 0.854. The van der Waals surface area contributed by atoms with Crippen molar-refractivity contribution in [2.45, 2.75) is 44.1 Å². The maximum Gasteiger partial charge on any atom is 0.238 e. The summed E-state index contributed by atoms with van der Waals surface area (Å²) in [6.45, 7) is 0.418. The minimum absolute atomic E-state index is 0.00110. The maximum atomic E-state index is 12.6. The van der Waals surface area contributed by atoms with Crippen LogP contribution < -0.4 is 10.1 Å². The van der Waals surface area contributed by atoms with Crippen LogP contribution >= 0.6 is 11.6 Å². The van der Waals surface area contributed by atoms with Gasteiger partial charge in [0.25, 0.3) is 0 Å². The van der Waals surface area contributed by atoms with Gasteiger partial charge in [0.05, 0.1) is 19.3 Å². The average molecular weight is 363 g/mol. The number of benzene rings is 1. The summed E-state index contributed by atoms with van der Waals surface area (Å²) in [4.78, 5) is 15.0. The molecule has 5 rings (SSSR count). The fourth-order valence-corrected chi connectivity index (χ4v) is 6.06. The first kappa shape index (κ1) is 17.2. The van der Waals surface area contributed by atoms with E-state index in [4.69, 9.17) is 16.3 Å². The van der Waals surface area contributed by atoms with Crippen LogP contribution in [0.15, 0.2) is 18.2 Å². The van der Waals surface area contributed by atoms with Gasteiger partial charge in [0.15, 0.2) is 0 Å². The normalized spacial score (nSPS) is 32.9. The second kappa shape index (κ2) is 6.48. The number of hydrogen-bond donors (Lipinski definition) is 1. The van der Waals surface area contributed by atoms with Crippen molar-refractivity contribution in [1.29, 1.82) is 0 Å². The summed E-state index contributed by atoms with van der Waals surface area (Å²) in [6.07, 6.45) is 8.05. The molecule has 1 N–H and O–H groups in total. The van der Waals surface area contributed by atoms with Gasteiger partial charge in [-0.15, -0.1) is 0 Å². The highest BCUT2D eigenvalue weighted by Crippen LogP contribution is 2.57. The molecule has 0 aliphatic heterocycles. The Labute approximate surface area is 154 Å². The van der Waals surface area contributed by atoms with Gasteiger partial charge in [-0.1, -0.05) is 11.6 Å². The molecule has 136 valence electrons. The number of hydrogen-bond acceptors (Lipinski definition) is 3. The van der Waals surface area contributed by atoms with Crippen LogP contribution in [-0.2, 0) is 4.79 Å². The number of anilines is 1. The van der Waals surface area contributed by atoms with E-state index in [1.54, 1.807) is 25.3 Å². The molecule has 4 bridgehead atoms. The molecule has 25 heavy (non-hydrogen) atoms. The predicted molar refractivity (Wildman–Crippen MR) is 100 cm³/mol. The van der Waals surface area contributed by atoms with Crippen LogP contribution in [0.5, 0.6) is 5.75 Å². The minimum atomic E-state index is -0.00110. The van der Waals surface area contributed by atoms with E-state index in [2.05, 4.69) is 17.3 Å². The Morgan fingerprint density at radius 1 is 1.24 bits per heavy atom. The Bertz CT molecular complexity index is 640. The molecule has 4 saturated carbocycles. The van der Waals surface area contributed by atoms with Gasteiger partial charge in [-0.25, -0.2) is 0 Å². The second-order valence-electron chi connectivity index (χ2n) is 8.39. The monoisotopic (exact) mass is 362 g/mol. The number of methoxy groups -OCH3 is 1. The van der Waals surface area contributed by atoms with E-state index in [1.807, 2.05) is 0 Å². The lowest BCUT2D eigenvalue weighted by atomic mass is 9.52. The zero-order valence-corrected chi connectivity index (χ0v) is 15.8. The van der Waals surface area contributed by atoms with E-state index in [-0.39, 0.29) is 11.4 Å². The molecule has 1 amide bonds. The highest BCUT2D eigenvalue weighted by atomic mass is 35.5. The van der Waals surface area contributed by atoms with Gasteiger partial charge in [-0.05, 0) is 81.5 Å². The summed E-state index contributed by atoms with van der Waals surface area (Å²) in [6, 6.07) is 5.28. The molecule has 0 radical (unpaired) electrons. The van der Waals surface area contributed by atoms with Gasteiger partial charge >= 0.3 is 0 Å². The van der Waals surface area contributed by atoms with Gasteiger partial charge < -0.3 is 10.1 Å². The zero-order valence-electron chi connectivity index (χ0n) is 15.1. The van der Waals surface area contributed by atoms with Crippen molar-refractivity contribution >= 4 is 23.2 Å². The molecule has 1 aromatic carbocycles. The highest BCUT2D eigenvalue weighted by Gasteiger charge is 2.52. The molecule has 0 spiro atoms. The van der Waals surface area contributed by atoms with Crippen molar-refractivity contribution in [1.82, 2.24) is 4.90 Å². The van der Waals surface area contributed by atoms with E-state index in [0.717, 1.165) is 17.8 Å². The van der Waals surface area contributed by atoms with Crippen LogP contribution in [-0.4, -0.2) is 37.0 Å². The summed E-state index contributed by atoms with van der Waals surface area (Å²) >= 11 is 6.06. The molecule has 4 nitrogen and oxygen atoms in total. The second-order valence-corrected chi connectivity index (χ2v) is 8.83. The van der Waals surface area contributed by atoms with E-state index < -0.39 is 0 Å². The number of amides is 1. The number of ether oxygens (including phenoxy) is 1. The van der Waals surface area contributed by atoms with Crippen molar-refractivity contribution in [2.75, 3.05) is 26.0 Å². The zero-order chi connectivity index (χ0) is 17.6. The van der Waals surface area contributed by atoms with Crippen LogP contribution in [0, 0.1) is 17.8 Å². The van der Waals surface area contributed by atoms with Crippen LogP contribution in [0.2, 0.25) is 5.02 Å². The Hall–Kier alpha value is -1.26. The maximum absolute atomic E-state index is 12.6. The Morgan fingerprint density at radius 2 is 1.84 bits per heavy atom. The van der Waals surface area contributed by atoms with Gasteiger partial charge in [-0.2, -0.15) is 0 Å². The molecule has 0 saturated heterocycles. The standard InChI is InChI=1S/C20H27ClN2O2/c1-23(20-9-13-5-14(10-20)7-15(6-13)11-20)12-19(24)22-17-8-16(21)3-4-18(17)25-2/h3-4,8,13-15H,5-7,9-12H2,1-2H3,(H,22,24). The highest BCUT2D eigenvalue weighted by molar-refractivity contribution is 6.31. The van der Waals surface area contributed by atoms with Crippen LogP contribution in [0.3, 0.4) is 0 Å². The van der Waals surface area contributed by atoms with Crippen LogP contribution in [0.1, 0.15) is 38.5 Å². The average Bonchev–Trinajstić information content (AvgIpc) is 2.53. The smallest absolute Gasteiger partial charge is 0.238 e. The molecule has 0 atom stereocenters. The van der Waals surface area contributed by atoms with Gasteiger partial charge in [0, 0.05) is 10.6 Å². The molecule has 0 aromatic heterocycles. The molecule has 0 heterocycles.